The molecule has 7 nitrogen and oxygen atoms in total. The van der Waals surface area contributed by atoms with E-state index in [0.717, 1.165) is 18.4 Å². The molecule has 4 rings (SSSR count). The van der Waals surface area contributed by atoms with E-state index < -0.39 is 10.0 Å². The van der Waals surface area contributed by atoms with Crippen LogP contribution in [0.25, 0.3) is 0 Å². The molecule has 0 saturated carbocycles. The number of amides is 1. The Morgan fingerprint density at radius 3 is 2.41 bits per heavy atom. The molecule has 1 aliphatic rings. The van der Waals surface area contributed by atoms with E-state index in [2.05, 4.69) is 5.32 Å². The van der Waals surface area contributed by atoms with Crippen LogP contribution in [0.2, 0.25) is 0 Å². The molecule has 0 bridgehead atoms. The topological polar surface area (TPSA) is 84.9 Å². The number of hydrogen-bond donors (Lipinski definition) is 1. The quantitative estimate of drug-likeness (QED) is 0.500. The van der Waals surface area contributed by atoms with Gasteiger partial charge in [-0.1, -0.05) is 42.5 Å². The third-order valence-corrected chi connectivity index (χ3v) is 7.52. The largest absolute Gasteiger partial charge is 0.497 e. The van der Waals surface area contributed by atoms with Crippen molar-refractivity contribution < 1.29 is 22.7 Å². The minimum Gasteiger partial charge on any atom is -0.497 e. The number of hydrogen-bond acceptors (Lipinski definition) is 5. The number of ether oxygens (including phenoxy) is 2. The molecule has 1 amide bonds. The van der Waals surface area contributed by atoms with Gasteiger partial charge in [0.15, 0.2) is 0 Å². The number of nitrogens with one attached hydrogen (secondary N) is 1. The van der Waals surface area contributed by atoms with Gasteiger partial charge in [0.05, 0.1) is 35.9 Å². The van der Waals surface area contributed by atoms with E-state index in [-0.39, 0.29) is 29.0 Å². The van der Waals surface area contributed by atoms with Crippen molar-refractivity contribution >= 4 is 21.6 Å². The first-order valence-electron chi connectivity index (χ1n) is 11.2. The fraction of sp³-hybridized carbons (Fsp3) is 0.269. The van der Waals surface area contributed by atoms with E-state index in [9.17, 15) is 13.2 Å². The molecule has 0 unspecified atom stereocenters. The first kappa shape index (κ1) is 23.8. The summed E-state index contributed by atoms with van der Waals surface area (Å²) in [5, 5.41) is 2.90. The molecular formula is C26H28N2O5S. The van der Waals surface area contributed by atoms with Crippen LogP contribution in [0.1, 0.15) is 28.8 Å². The first-order valence-corrected chi connectivity index (χ1v) is 12.6. The maximum Gasteiger partial charge on any atom is 0.264 e. The van der Waals surface area contributed by atoms with Crippen LogP contribution >= 0.6 is 0 Å². The van der Waals surface area contributed by atoms with Gasteiger partial charge in [-0.25, -0.2) is 8.42 Å². The molecule has 8 heteroatoms. The Kier molecular flexibility index (Phi) is 7.49. The smallest absolute Gasteiger partial charge is 0.264 e. The number of sulfonamides is 1. The van der Waals surface area contributed by atoms with Crippen LogP contribution < -0.4 is 14.4 Å². The summed E-state index contributed by atoms with van der Waals surface area (Å²) in [6.45, 7) is 1.16. The number of carbonyl (C=O) groups is 1. The minimum absolute atomic E-state index is 0.0143. The number of rotatable bonds is 9. The lowest BCUT2D eigenvalue weighted by Gasteiger charge is -2.27. The Morgan fingerprint density at radius 2 is 1.74 bits per heavy atom. The molecule has 0 spiro atoms. The molecule has 1 aliphatic heterocycles. The first-order chi connectivity index (χ1) is 16.5. The summed E-state index contributed by atoms with van der Waals surface area (Å²) < 4.78 is 39.7. The van der Waals surface area contributed by atoms with Crippen molar-refractivity contribution in [2.75, 3.05) is 24.6 Å². The molecule has 1 saturated heterocycles. The zero-order chi connectivity index (χ0) is 24.0. The summed E-state index contributed by atoms with van der Waals surface area (Å²) in [4.78, 5) is 13.2. The lowest BCUT2D eigenvalue weighted by Crippen LogP contribution is -2.35. The number of para-hydroxylation sites is 1. The van der Waals surface area contributed by atoms with Crippen LogP contribution in [0.4, 0.5) is 5.69 Å². The third kappa shape index (κ3) is 5.40. The van der Waals surface area contributed by atoms with Crippen LogP contribution in [0, 0.1) is 0 Å². The maximum atomic E-state index is 13.8. The number of nitrogens with zero attached hydrogens (tertiary/aromatic N) is 1. The van der Waals surface area contributed by atoms with Gasteiger partial charge in [-0.3, -0.25) is 9.10 Å². The molecule has 1 N–H and O–H groups in total. The van der Waals surface area contributed by atoms with Crippen molar-refractivity contribution in [3.63, 3.8) is 0 Å². The normalized spacial score (nSPS) is 15.6. The molecule has 0 aromatic heterocycles. The van der Waals surface area contributed by atoms with E-state index in [0.29, 0.717) is 24.6 Å². The van der Waals surface area contributed by atoms with Gasteiger partial charge in [-0.2, -0.15) is 0 Å². The van der Waals surface area contributed by atoms with Crippen molar-refractivity contribution in [3.8, 4) is 5.75 Å². The van der Waals surface area contributed by atoms with Gasteiger partial charge in [0.1, 0.15) is 5.75 Å². The summed E-state index contributed by atoms with van der Waals surface area (Å²) in [7, 11) is -2.47. The Morgan fingerprint density at radius 1 is 1.03 bits per heavy atom. The molecule has 3 aromatic rings. The zero-order valence-electron chi connectivity index (χ0n) is 19.0. The number of carbonyl (C=O) groups excluding carboxylic acids is 1. The number of benzene rings is 3. The van der Waals surface area contributed by atoms with E-state index in [4.69, 9.17) is 9.47 Å². The Bertz CT molecular complexity index is 1210. The molecule has 178 valence electrons. The molecule has 34 heavy (non-hydrogen) atoms. The predicted molar refractivity (Wildman–Crippen MR) is 131 cm³/mol. The molecule has 0 aliphatic carbocycles. The third-order valence-electron chi connectivity index (χ3n) is 5.75. The summed E-state index contributed by atoms with van der Waals surface area (Å²) in [5.41, 5.74) is 1.40. The fourth-order valence-corrected chi connectivity index (χ4v) is 5.39. The van der Waals surface area contributed by atoms with Crippen LogP contribution in [0.5, 0.6) is 5.75 Å². The van der Waals surface area contributed by atoms with Gasteiger partial charge in [0, 0.05) is 13.2 Å². The molecule has 1 heterocycles. The number of methoxy groups -OCH3 is 1. The summed E-state index contributed by atoms with van der Waals surface area (Å²) in [6.07, 6.45) is 1.86. The SMILES string of the molecule is COc1ccc(S(=O)(=O)N(Cc2ccccc2)c2ccccc2C(=O)NC[C@@H]2CCCO2)cc1. The monoisotopic (exact) mass is 480 g/mol. The summed E-state index contributed by atoms with van der Waals surface area (Å²) >= 11 is 0. The summed E-state index contributed by atoms with van der Waals surface area (Å²) in [5.74, 6) is 0.219. The van der Waals surface area contributed by atoms with Gasteiger partial charge >= 0.3 is 0 Å². The molecular weight excluding hydrogens is 452 g/mol. The highest BCUT2D eigenvalue weighted by atomic mass is 32.2. The highest BCUT2D eigenvalue weighted by Gasteiger charge is 2.29. The standard InChI is InChI=1S/C26H28N2O5S/c1-32-21-13-15-23(16-14-21)34(30,31)28(19-20-8-3-2-4-9-20)25-12-6-5-11-24(25)26(29)27-18-22-10-7-17-33-22/h2-6,8-9,11-16,22H,7,10,17-19H2,1H3,(H,27,29)/t22-/m0/s1. The second-order valence-corrected chi connectivity index (χ2v) is 9.90. The highest BCUT2D eigenvalue weighted by molar-refractivity contribution is 7.92. The molecule has 0 radical (unpaired) electrons. The zero-order valence-corrected chi connectivity index (χ0v) is 19.8. The van der Waals surface area contributed by atoms with Crippen molar-refractivity contribution in [1.29, 1.82) is 0 Å². The minimum atomic E-state index is -3.99. The van der Waals surface area contributed by atoms with Gasteiger partial charge in [0.25, 0.3) is 15.9 Å². The van der Waals surface area contributed by atoms with E-state index >= 15 is 0 Å². The Labute approximate surface area is 200 Å². The van der Waals surface area contributed by atoms with Crippen LogP contribution in [-0.4, -0.2) is 40.7 Å². The fourth-order valence-electron chi connectivity index (χ4n) is 3.91. The molecule has 1 atom stereocenters. The maximum absolute atomic E-state index is 13.8. The lowest BCUT2D eigenvalue weighted by atomic mass is 10.1. The number of anilines is 1. The van der Waals surface area contributed by atoms with E-state index in [1.165, 1.54) is 23.5 Å². The molecule has 3 aromatic carbocycles. The van der Waals surface area contributed by atoms with Crippen LogP contribution in [0.3, 0.4) is 0 Å². The van der Waals surface area contributed by atoms with Gasteiger partial charge < -0.3 is 14.8 Å². The second kappa shape index (κ2) is 10.7. The van der Waals surface area contributed by atoms with Crippen molar-refractivity contribution in [3.05, 3.63) is 90.0 Å². The van der Waals surface area contributed by atoms with Crippen molar-refractivity contribution in [2.24, 2.45) is 0 Å². The van der Waals surface area contributed by atoms with Crippen LogP contribution in [0.15, 0.2) is 83.8 Å². The van der Waals surface area contributed by atoms with E-state index in [1.54, 1.807) is 36.4 Å². The van der Waals surface area contributed by atoms with Crippen molar-refractivity contribution in [2.45, 2.75) is 30.4 Å². The van der Waals surface area contributed by atoms with Crippen LogP contribution in [-0.2, 0) is 21.3 Å². The highest BCUT2D eigenvalue weighted by Crippen LogP contribution is 2.30. The van der Waals surface area contributed by atoms with Gasteiger partial charge in [-0.05, 0) is 54.8 Å². The van der Waals surface area contributed by atoms with Crippen molar-refractivity contribution in [1.82, 2.24) is 5.32 Å². The van der Waals surface area contributed by atoms with Gasteiger partial charge in [0.2, 0.25) is 0 Å². The molecule has 1 fully saturated rings. The van der Waals surface area contributed by atoms with Gasteiger partial charge in [-0.15, -0.1) is 0 Å². The second-order valence-electron chi connectivity index (χ2n) is 8.04. The average Bonchev–Trinajstić information content (AvgIpc) is 3.40. The Hall–Kier alpha value is -3.36. The summed E-state index contributed by atoms with van der Waals surface area (Å²) in [6, 6.07) is 22.3. The lowest BCUT2D eigenvalue weighted by molar-refractivity contribution is 0.0858. The van der Waals surface area contributed by atoms with E-state index in [1.807, 2.05) is 30.3 Å². The Balaban J connectivity index is 1.71. The average molecular weight is 481 g/mol. The predicted octanol–water partition coefficient (Wildman–Crippen LogP) is 4.00.